The molecule has 0 spiro atoms. The van der Waals surface area contributed by atoms with Crippen molar-refractivity contribution in [1.29, 1.82) is 0 Å². The molecule has 0 heterocycles. The topological polar surface area (TPSA) is 12.0 Å². The summed E-state index contributed by atoms with van der Waals surface area (Å²) in [4.78, 5) is 0. The van der Waals surface area contributed by atoms with Gasteiger partial charge in [-0.25, -0.2) is 0 Å². The smallest absolute Gasteiger partial charge is 0.0567 e. The Morgan fingerprint density at radius 2 is 1.90 bits per heavy atom. The Morgan fingerprint density at radius 3 is 2.67 bits per heavy atom. The number of rotatable bonds is 2. The van der Waals surface area contributed by atoms with Gasteiger partial charge >= 0.3 is 0 Å². The van der Waals surface area contributed by atoms with Crippen molar-refractivity contribution in [3.63, 3.8) is 0 Å². The molecule has 2 aromatic carbocycles. The van der Waals surface area contributed by atoms with Gasteiger partial charge in [0.1, 0.15) is 0 Å². The highest BCUT2D eigenvalue weighted by Crippen LogP contribution is 2.45. The quantitative estimate of drug-likeness (QED) is 0.717. The first-order chi connectivity index (χ1) is 9.97. The maximum Gasteiger partial charge on any atom is 0.0567 e. The van der Waals surface area contributed by atoms with Crippen LogP contribution < -0.4 is 5.32 Å². The Kier molecular flexibility index (Phi) is 3.83. The first-order valence-corrected chi connectivity index (χ1v) is 8.37. The number of hydrogen-bond donors (Lipinski definition) is 1. The molecule has 1 N–H and O–H groups in total. The second kappa shape index (κ2) is 5.49. The molecule has 0 saturated heterocycles. The van der Waals surface area contributed by atoms with Gasteiger partial charge in [-0.2, -0.15) is 0 Å². The molecule has 2 heteroatoms. The molecule has 1 unspecified atom stereocenters. The van der Waals surface area contributed by atoms with Crippen LogP contribution in [0.15, 0.2) is 46.9 Å². The molecule has 110 valence electrons. The molecule has 21 heavy (non-hydrogen) atoms. The first kappa shape index (κ1) is 14.6. The van der Waals surface area contributed by atoms with Crippen LogP contribution in [0.5, 0.6) is 0 Å². The molecular formula is C19H22BrN. The number of hydrogen-bond acceptors (Lipinski definition) is 1. The zero-order valence-corrected chi connectivity index (χ0v) is 14.5. The molecule has 0 fully saturated rings. The highest BCUT2D eigenvalue weighted by Gasteiger charge is 2.35. The van der Waals surface area contributed by atoms with E-state index in [0.29, 0.717) is 6.04 Å². The van der Waals surface area contributed by atoms with E-state index < -0.39 is 0 Å². The van der Waals surface area contributed by atoms with Crippen LogP contribution in [0.4, 0.5) is 5.69 Å². The van der Waals surface area contributed by atoms with E-state index in [1.165, 1.54) is 35.2 Å². The Hall–Kier alpha value is -1.28. The number of halogens is 1. The van der Waals surface area contributed by atoms with E-state index in [0.717, 1.165) is 4.47 Å². The second-order valence-electron chi connectivity index (χ2n) is 6.72. The van der Waals surface area contributed by atoms with Crippen molar-refractivity contribution in [1.82, 2.24) is 0 Å². The minimum atomic E-state index is 0.258. The molecular weight excluding hydrogens is 322 g/mol. The van der Waals surface area contributed by atoms with Gasteiger partial charge in [-0.15, -0.1) is 0 Å². The summed E-state index contributed by atoms with van der Waals surface area (Å²) >= 11 is 3.54. The Balaban J connectivity index is 1.99. The van der Waals surface area contributed by atoms with E-state index in [4.69, 9.17) is 0 Å². The zero-order chi connectivity index (χ0) is 15.0. The highest BCUT2D eigenvalue weighted by molar-refractivity contribution is 9.10. The van der Waals surface area contributed by atoms with Crippen molar-refractivity contribution in [2.75, 3.05) is 5.32 Å². The van der Waals surface area contributed by atoms with E-state index in [9.17, 15) is 0 Å². The SMILES string of the molecule is Cc1cc(Br)ccc1NC1c2ccccc2CCC1(C)C. The van der Waals surface area contributed by atoms with E-state index in [2.05, 4.69) is 84.5 Å². The summed E-state index contributed by atoms with van der Waals surface area (Å²) in [6.45, 7) is 6.90. The summed E-state index contributed by atoms with van der Waals surface area (Å²) in [5, 5.41) is 3.80. The van der Waals surface area contributed by atoms with Crippen molar-refractivity contribution >= 4 is 21.6 Å². The van der Waals surface area contributed by atoms with Gasteiger partial charge < -0.3 is 5.32 Å². The third-order valence-corrected chi connectivity index (χ3v) is 5.17. The van der Waals surface area contributed by atoms with Gasteiger partial charge in [0, 0.05) is 10.2 Å². The van der Waals surface area contributed by atoms with E-state index in [1.54, 1.807) is 0 Å². The molecule has 1 nitrogen and oxygen atoms in total. The molecule has 0 amide bonds. The van der Waals surface area contributed by atoms with Gasteiger partial charge in [0.25, 0.3) is 0 Å². The predicted molar refractivity (Wildman–Crippen MR) is 93.8 cm³/mol. The maximum absolute atomic E-state index is 3.80. The molecule has 0 aliphatic heterocycles. The van der Waals surface area contributed by atoms with Crippen molar-refractivity contribution in [2.45, 2.75) is 39.7 Å². The van der Waals surface area contributed by atoms with Crippen LogP contribution in [0, 0.1) is 12.3 Å². The maximum atomic E-state index is 3.80. The molecule has 3 rings (SSSR count). The van der Waals surface area contributed by atoms with E-state index in [-0.39, 0.29) is 5.41 Å². The first-order valence-electron chi connectivity index (χ1n) is 7.58. The number of anilines is 1. The number of nitrogens with one attached hydrogen (secondary N) is 1. The summed E-state index contributed by atoms with van der Waals surface area (Å²) in [7, 11) is 0. The molecule has 2 aromatic rings. The highest BCUT2D eigenvalue weighted by atomic mass is 79.9. The van der Waals surface area contributed by atoms with Crippen LogP contribution in [-0.2, 0) is 6.42 Å². The lowest BCUT2D eigenvalue weighted by Gasteiger charge is -2.41. The van der Waals surface area contributed by atoms with Crippen LogP contribution in [-0.4, -0.2) is 0 Å². The summed E-state index contributed by atoms with van der Waals surface area (Å²) in [6, 6.07) is 15.7. The van der Waals surface area contributed by atoms with Crippen LogP contribution in [0.25, 0.3) is 0 Å². The third-order valence-electron chi connectivity index (χ3n) is 4.67. The van der Waals surface area contributed by atoms with Crippen LogP contribution in [0.3, 0.4) is 0 Å². The lowest BCUT2D eigenvalue weighted by atomic mass is 9.70. The standard InChI is InChI=1S/C19H22BrN/c1-13-12-15(20)8-9-17(13)21-18-16-7-5-4-6-14(16)10-11-19(18,2)3/h4-9,12,18,21H,10-11H2,1-3H3. The third kappa shape index (κ3) is 2.87. The molecule has 0 saturated carbocycles. The van der Waals surface area contributed by atoms with Gasteiger partial charge in [0.2, 0.25) is 0 Å². The fraction of sp³-hybridized carbons (Fsp3) is 0.368. The van der Waals surface area contributed by atoms with Gasteiger partial charge in [0.15, 0.2) is 0 Å². The molecule has 1 atom stereocenters. The summed E-state index contributed by atoms with van der Waals surface area (Å²) < 4.78 is 1.13. The van der Waals surface area contributed by atoms with Gasteiger partial charge in [0.05, 0.1) is 6.04 Å². The Labute approximate surface area is 135 Å². The van der Waals surface area contributed by atoms with Crippen molar-refractivity contribution in [3.8, 4) is 0 Å². The molecule has 0 aromatic heterocycles. The summed E-state index contributed by atoms with van der Waals surface area (Å²) in [5.41, 5.74) is 5.71. The number of aryl methyl sites for hydroxylation is 2. The fourth-order valence-electron chi connectivity index (χ4n) is 3.28. The second-order valence-corrected chi connectivity index (χ2v) is 7.64. The van der Waals surface area contributed by atoms with Crippen LogP contribution >= 0.6 is 15.9 Å². The van der Waals surface area contributed by atoms with Gasteiger partial charge in [-0.3, -0.25) is 0 Å². The van der Waals surface area contributed by atoms with Crippen molar-refractivity contribution in [2.24, 2.45) is 5.41 Å². The zero-order valence-electron chi connectivity index (χ0n) is 12.9. The lowest BCUT2D eigenvalue weighted by Crippen LogP contribution is -2.33. The lowest BCUT2D eigenvalue weighted by molar-refractivity contribution is 0.265. The largest absolute Gasteiger partial charge is 0.377 e. The van der Waals surface area contributed by atoms with E-state index >= 15 is 0 Å². The normalized spacial score (nSPS) is 19.9. The minimum Gasteiger partial charge on any atom is -0.377 e. The van der Waals surface area contributed by atoms with Crippen LogP contribution in [0.1, 0.15) is 43.0 Å². The summed E-state index contributed by atoms with van der Waals surface area (Å²) in [6.07, 6.45) is 2.40. The minimum absolute atomic E-state index is 0.258. The average Bonchev–Trinajstić information content (AvgIpc) is 2.44. The monoisotopic (exact) mass is 343 g/mol. The van der Waals surface area contributed by atoms with Crippen molar-refractivity contribution in [3.05, 3.63) is 63.6 Å². The van der Waals surface area contributed by atoms with E-state index in [1.807, 2.05) is 0 Å². The molecule has 0 bridgehead atoms. The van der Waals surface area contributed by atoms with Gasteiger partial charge in [-0.1, -0.05) is 54.0 Å². The summed E-state index contributed by atoms with van der Waals surface area (Å²) in [5.74, 6) is 0. The Bertz CT molecular complexity index is 660. The molecule has 0 radical (unpaired) electrons. The van der Waals surface area contributed by atoms with Gasteiger partial charge in [-0.05, 0) is 60.1 Å². The molecule has 1 aliphatic carbocycles. The Morgan fingerprint density at radius 1 is 1.14 bits per heavy atom. The number of fused-ring (bicyclic) bond motifs is 1. The number of benzene rings is 2. The molecule has 1 aliphatic rings. The van der Waals surface area contributed by atoms with Crippen molar-refractivity contribution < 1.29 is 0 Å². The predicted octanol–water partition coefficient (Wildman–Crippen LogP) is 5.88. The average molecular weight is 344 g/mol. The van der Waals surface area contributed by atoms with Crippen LogP contribution in [0.2, 0.25) is 0 Å². The fourth-order valence-corrected chi connectivity index (χ4v) is 3.76.